The van der Waals surface area contributed by atoms with E-state index in [0.717, 1.165) is 24.7 Å². The number of ether oxygens (including phenoxy) is 1. The molecular weight excluding hydrogens is 387 g/mol. The van der Waals surface area contributed by atoms with Crippen LogP contribution in [0.25, 0.3) is 0 Å². The monoisotopic (exact) mass is 400 g/mol. The van der Waals surface area contributed by atoms with Gasteiger partial charge in [-0.1, -0.05) is 23.9 Å². The van der Waals surface area contributed by atoms with Crippen molar-refractivity contribution in [3.05, 3.63) is 51.6 Å². The quantitative estimate of drug-likeness (QED) is 0.769. The maximum Gasteiger partial charge on any atom is 0.307 e. The molecule has 2 aromatic rings. The lowest BCUT2D eigenvalue weighted by atomic mass is 10.2. The average Bonchev–Trinajstić information content (AvgIpc) is 2.42. The van der Waals surface area contributed by atoms with Crippen LogP contribution in [0.2, 0.25) is 0 Å². The van der Waals surface area contributed by atoms with E-state index < -0.39 is 5.97 Å². The molecule has 0 bridgehead atoms. The molecule has 0 aromatic heterocycles. The molecular formula is C15H13IO3S. The highest BCUT2D eigenvalue weighted by Crippen LogP contribution is 2.32. The van der Waals surface area contributed by atoms with Gasteiger partial charge in [0.15, 0.2) is 0 Å². The highest BCUT2D eigenvalue weighted by atomic mass is 127. The zero-order valence-electron chi connectivity index (χ0n) is 10.8. The van der Waals surface area contributed by atoms with Crippen molar-refractivity contribution in [2.24, 2.45) is 0 Å². The van der Waals surface area contributed by atoms with Crippen LogP contribution < -0.4 is 4.74 Å². The molecule has 0 fully saturated rings. The number of hydrogen-bond acceptors (Lipinski definition) is 3. The summed E-state index contributed by atoms with van der Waals surface area (Å²) in [4.78, 5) is 12.8. The fourth-order valence-corrected chi connectivity index (χ4v) is 3.09. The van der Waals surface area contributed by atoms with E-state index in [1.807, 2.05) is 42.5 Å². The summed E-state index contributed by atoms with van der Waals surface area (Å²) < 4.78 is 6.38. The summed E-state index contributed by atoms with van der Waals surface area (Å²) in [5, 5.41) is 8.74. The molecule has 0 aliphatic heterocycles. The van der Waals surface area contributed by atoms with Gasteiger partial charge in [-0.05, 0) is 58.5 Å². The largest absolute Gasteiger partial charge is 0.496 e. The lowest BCUT2D eigenvalue weighted by Gasteiger charge is -2.07. The molecule has 0 saturated heterocycles. The van der Waals surface area contributed by atoms with E-state index in [-0.39, 0.29) is 6.42 Å². The van der Waals surface area contributed by atoms with E-state index in [2.05, 4.69) is 22.6 Å². The lowest BCUT2D eigenvalue weighted by molar-refractivity contribution is -0.136. The van der Waals surface area contributed by atoms with E-state index in [4.69, 9.17) is 9.84 Å². The molecule has 0 aliphatic carbocycles. The molecule has 104 valence electrons. The van der Waals surface area contributed by atoms with Gasteiger partial charge in [0, 0.05) is 9.79 Å². The standard InChI is InChI=1S/C15H13IO3S/c1-19-14-9-12(6-7-13(14)16)20-11-4-2-10(3-5-11)8-15(17)18/h2-7,9H,8H2,1H3,(H,17,18). The molecule has 2 aromatic carbocycles. The van der Waals surface area contributed by atoms with Crippen LogP contribution in [0, 0.1) is 3.57 Å². The first kappa shape index (κ1) is 15.2. The number of halogens is 1. The van der Waals surface area contributed by atoms with Crippen molar-refractivity contribution in [1.82, 2.24) is 0 Å². The number of carboxylic acids is 1. The number of aliphatic carboxylic acids is 1. The first-order valence-corrected chi connectivity index (χ1v) is 7.80. The molecule has 2 rings (SSSR count). The summed E-state index contributed by atoms with van der Waals surface area (Å²) in [6, 6.07) is 13.6. The van der Waals surface area contributed by atoms with Gasteiger partial charge < -0.3 is 9.84 Å². The number of rotatable bonds is 5. The van der Waals surface area contributed by atoms with Crippen molar-refractivity contribution in [2.75, 3.05) is 7.11 Å². The fourth-order valence-electron chi connectivity index (χ4n) is 1.69. The Morgan fingerprint density at radius 3 is 2.45 bits per heavy atom. The minimum atomic E-state index is -0.812. The second-order valence-electron chi connectivity index (χ2n) is 4.11. The van der Waals surface area contributed by atoms with Crippen molar-refractivity contribution in [3.63, 3.8) is 0 Å². The van der Waals surface area contributed by atoms with Crippen LogP contribution in [-0.4, -0.2) is 18.2 Å². The second kappa shape index (κ2) is 6.99. The van der Waals surface area contributed by atoms with Crippen molar-refractivity contribution >= 4 is 40.3 Å². The van der Waals surface area contributed by atoms with E-state index in [1.54, 1.807) is 18.9 Å². The van der Waals surface area contributed by atoms with Crippen LogP contribution in [0.3, 0.4) is 0 Å². The van der Waals surface area contributed by atoms with Crippen molar-refractivity contribution in [2.45, 2.75) is 16.2 Å². The van der Waals surface area contributed by atoms with E-state index in [1.165, 1.54) is 0 Å². The topological polar surface area (TPSA) is 46.5 Å². The SMILES string of the molecule is COc1cc(Sc2ccc(CC(=O)O)cc2)ccc1I. The molecule has 0 saturated carbocycles. The molecule has 0 unspecified atom stereocenters. The van der Waals surface area contributed by atoms with Gasteiger partial charge in [-0.3, -0.25) is 4.79 Å². The van der Waals surface area contributed by atoms with Crippen molar-refractivity contribution in [3.8, 4) is 5.75 Å². The number of carboxylic acid groups (broad SMARTS) is 1. The molecule has 5 heteroatoms. The molecule has 1 N–H and O–H groups in total. The van der Waals surface area contributed by atoms with E-state index in [0.29, 0.717) is 0 Å². The molecule has 3 nitrogen and oxygen atoms in total. The van der Waals surface area contributed by atoms with Crippen LogP contribution in [0.5, 0.6) is 5.75 Å². The molecule has 0 amide bonds. The van der Waals surface area contributed by atoms with Gasteiger partial charge in [-0.15, -0.1) is 0 Å². The first-order chi connectivity index (χ1) is 9.58. The zero-order chi connectivity index (χ0) is 14.5. The minimum absolute atomic E-state index is 0.0578. The highest BCUT2D eigenvalue weighted by Gasteiger charge is 2.04. The summed E-state index contributed by atoms with van der Waals surface area (Å²) >= 11 is 3.86. The van der Waals surface area contributed by atoms with Crippen LogP contribution in [-0.2, 0) is 11.2 Å². The maximum absolute atomic E-state index is 10.6. The Balaban J connectivity index is 2.11. The summed E-state index contributed by atoms with van der Waals surface area (Å²) in [6.07, 6.45) is 0.0578. The Kier molecular flexibility index (Phi) is 5.31. The van der Waals surface area contributed by atoms with Crippen LogP contribution in [0.15, 0.2) is 52.3 Å². The predicted molar refractivity (Wildman–Crippen MR) is 87.6 cm³/mol. The highest BCUT2D eigenvalue weighted by molar-refractivity contribution is 14.1. The number of hydrogen-bond donors (Lipinski definition) is 1. The van der Waals surface area contributed by atoms with Gasteiger partial charge in [-0.25, -0.2) is 0 Å². The predicted octanol–water partition coefficient (Wildman–Crippen LogP) is 4.08. The fraction of sp³-hybridized carbons (Fsp3) is 0.133. The Labute approximate surface area is 135 Å². The Morgan fingerprint density at radius 2 is 1.85 bits per heavy atom. The van der Waals surface area contributed by atoms with Crippen LogP contribution >= 0.6 is 34.4 Å². The maximum atomic E-state index is 10.6. The molecule has 0 aliphatic rings. The molecule has 0 radical (unpaired) electrons. The summed E-state index contributed by atoms with van der Waals surface area (Å²) in [6.45, 7) is 0. The first-order valence-electron chi connectivity index (χ1n) is 5.90. The third kappa shape index (κ3) is 4.14. The Hall–Kier alpha value is -1.21. The number of methoxy groups -OCH3 is 1. The van der Waals surface area contributed by atoms with Gasteiger partial charge in [0.05, 0.1) is 17.1 Å². The summed E-state index contributed by atoms with van der Waals surface area (Å²) in [5.41, 5.74) is 0.807. The second-order valence-corrected chi connectivity index (χ2v) is 6.42. The van der Waals surface area contributed by atoms with Gasteiger partial charge in [0.1, 0.15) is 5.75 Å². The summed E-state index contributed by atoms with van der Waals surface area (Å²) in [5.74, 6) is 0.0471. The minimum Gasteiger partial charge on any atom is -0.496 e. The van der Waals surface area contributed by atoms with E-state index >= 15 is 0 Å². The number of benzene rings is 2. The third-order valence-electron chi connectivity index (χ3n) is 2.64. The van der Waals surface area contributed by atoms with Crippen LogP contribution in [0.4, 0.5) is 0 Å². The van der Waals surface area contributed by atoms with Crippen LogP contribution in [0.1, 0.15) is 5.56 Å². The lowest BCUT2D eigenvalue weighted by Crippen LogP contribution is -1.99. The Bertz CT molecular complexity index is 611. The Morgan fingerprint density at radius 1 is 1.20 bits per heavy atom. The smallest absolute Gasteiger partial charge is 0.307 e. The van der Waals surface area contributed by atoms with Gasteiger partial charge in [0.2, 0.25) is 0 Å². The van der Waals surface area contributed by atoms with Gasteiger partial charge in [0.25, 0.3) is 0 Å². The van der Waals surface area contributed by atoms with Crippen molar-refractivity contribution in [1.29, 1.82) is 0 Å². The molecule has 0 atom stereocenters. The van der Waals surface area contributed by atoms with Gasteiger partial charge in [-0.2, -0.15) is 0 Å². The number of carbonyl (C=O) groups is 1. The molecule has 0 spiro atoms. The van der Waals surface area contributed by atoms with E-state index in [9.17, 15) is 4.79 Å². The average molecular weight is 400 g/mol. The normalized spacial score (nSPS) is 10.3. The molecule has 20 heavy (non-hydrogen) atoms. The summed E-state index contributed by atoms with van der Waals surface area (Å²) in [7, 11) is 1.66. The zero-order valence-corrected chi connectivity index (χ0v) is 13.8. The third-order valence-corrected chi connectivity index (χ3v) is 4.53. The van der Waals surface area contributed by atoms with Gasteiger partial charge >= 0.3 is 5.97 Å². The molecule has 0 heterocycles. The van der Waals surface area contributed by atoms with Crippen molar-refractivity contribution < 1.29 is 14.6 Å².